The van der Waals surface area contributed by atoms with E-state index in [9.17, 15) is 0 Å². The van der Waals surface area contributed by atoms with Crippen LogP contribution >= 0.6 is 23.2 Å². The van der Waals surface area contributed by atoms with Crippen LogP contribution in [0, 0.1) is 0 Å². The van der Waals surface area contributed by atoms with Gasteiger partial charge in [0.1, 0.15) is 0 Å². The number of nitrogens with two attached hydrogens (primary N) is 1. The van der Waals surface area contributed by atoms with Crippen LogP contribution in [0.25, 0.3) is 0 Å². The van der Waals surface area contributed by atoms with Gasteiger partial charge in [-0.05, 0) is 42.5 Å². The largest absolute Gasteiger partial charge is 0.330 e. The van der Waals surface area contributed by atoms with Crippen molar-refractivity contribution in [3.63, 3.8) is 0 Å². The van der Waals surface area contributed by atoms with Crippen molar-refractivity contribution in [3.05, 3.63) is 33.8 Å². The molecule has 15 heavy (non-hydrogen) atoms. The molecule has 0 aliphatic carbocycles. The fourth-order valence-corrected chi connectivity index (χ4v) is 1.90. The standard InChI is InChI=1S/C12H17Cl2N/c1-12(2,6-3-7-15)9-4-5-10(13)11(14)8-9/h4-5,8H,3,6-7,15H2,1-2H3. The molecule has 0 saturated heterocycles. The lowest BCUT2D eigenvalue weighted by molar-refractivity contribution is 0.465. The predicted molar refractivity (Wildman–Crippen MR) is 67.8 cm³/mol. The number of halogens is 2. The van der Waals surface area contributed by atoms with Crippen LogP contribution in [0.5, 0.6) is 0 Å². The van der Waals surface area contributed by atoms with Crippen molar-refractivity contribution < 1.29 is 0 Å². The van der Waals surface area contributed by atoms with Gasteiger partial charge in [0.25, 0.3) is 0 Å². The molecular formula is C12H17Cl2N. The smallest absolute Gasteiger partial charge is 0.0595 e. The van der Waals surface area contributed by atoms with E-state index in [1.54, 1.807) is 0 Å². The van der Waals surface area contributed by atoms with Crippen LogP contribution in [0.1, 0.15) is 32.3 Å². The van der Waals surface area contributed by atoms with Crippen LogP contribution in [0.3, 0.4) is 0 Å². The number of rotatable bonds is 4. The van der Waals surface area contributed by atoms with Crippen molar-refractivity contribution in [1.29, 1.82) is 0 Å². The van der Waals surface area contributed by atoms with Gasteiger partial charge >= 0.3 is 0 Å². The fourth-order valence-electron chi connectivity index (χ4n) is 1.61. The molecule has 0 amide bonds. The molecule has 0 aromatic heterocycles. The summed E-state index contributed by atoms with van der Waals surface area (Å²) in [6.07, 6.45) is 2.08. The van der Waals surface area contributed by atoms with Gasteiger partial charge in [0.2, 0.25) is 0 Å². The third-order valence-electron chi connectivity index (χ3n) is 2.71. The van der Waals surface area contributed by atoms with Crippen LogP contribution in [-0.4, -0.2) is 6.54 Å². The lowest BCUT2D eigenvalue weighted by atomic mass is 9.80. The summed E-state index contributed by atoms with van der Waals surface area (Å²) >= 11 is 11.9. The van der Waals surface area contributed by atoms with Crippen molar-refractivity contribution >= 4 is 23.2 Å². The van der Waals surface area contributed by atoms with E-state index in [2.05, 4.69) is 13.8 Å². The zero-order valence-electron chi connectivity index (χ0n) is 9.19. The topological polar surface area (TPSA) is 26.0 Å². The first-order chi connectivity index (χ1) is 6.97. The molecule has 0 fully saturated rings. The lowest BCUT2D eigenvalue weighted by Gasteiger charge is -2.25. The zero-order valence-corrected chi connectivity index (χ0v) is 10.7. The molecule has 0 radical (unpaired) electrons. The van der Waals surface area contributed by atoms with Crippen molar-refractivity contribution in [3.8, 4) is 0 Å². The third kappa shape index (κ3) is 3.37. The highest BCUT2D eigenvalue weighted by Crippen LogP contribution is 2.32. The van der Waals surface area contributed by atoms with Crippen molar-refractivity contribution in [2.24, 2.45) is 5.73 Å². The molecule has 0 heterocycles. The van der Waals surface area contributed by atoms with E-state index in [1.807, 2.05) is 18.2 Å². The van der Waals surface area contributed by atoms with E-state index < -0.39 is 0 Å². The van der Waals surface area contributed by atoms with E-state index >= 15 is 0 Å². The Morgan fingerprint density at radius 3 is 2.40 bits per heavy atom. The minimum Gasteiger partial charge on any atom is -0.330 e. The summed E-state index contributed by atoms with van der Waals surface area (Å²) in [4.78, 5) is 0. The van der Waals surface area contributed by atoms with Gasteiger partial charge in [-0.2, -0.15) is 0 Å². The number of benzene rings is 1. The zero-order chi connectivity index (χ0) is 11.5. The SMILES string of the molecule is CC(C)(CCCN)c1ccc(Cl)c(Cl)c1. The average Bonchev–Trinajstić information content (AvgIpc) is 2.19. The highest BCUT2D eigenvalue weighted by atomic mass is 35.5. The van der Waals surface area contributed by atoms with Gasteiger partial charge in [0, 0.05) is 0 Å². The molecule has 2 N–H and O–H groups in total. The predicted octanol–water partition coefficient (Wildman–Crippen LogP) is 4.01. The van der Waals surface area contributed by atoms with E-state index in [4.69, 9.17) is 28.9 Å². The Hall–Kier alpha value is -0.240. The summed E-state index contributed by atoms with van der Waals surface area (Å²) in [7, 11) is 0. The first kappa shape index (κ1) is 12.8. The molecule has 0 aliphatic rings. The Morgan fingerprint density at radius 1 is 1.20 bits per heavy atom. The van der Waals surface area contributed by atoms with Crippen molar-refractivity contribution in [1.82, 2.24) is 0 Å². The van der Waals surface area contributed by atoms with E-state index in [0.717, 1.165) is 19.4 Å². The maximum absolute atomic E-state index is 6.00. The summed E-state index contributed by atoms with van der Waals surface area (Å²) in [6.45, 7) is 5.12. The summed E-state index contributed by atoms with van der Waals surface area (Å²) in [5.74, 6) is 0. The molecule has 0 saturated carbocycles. The number of hydrogen-bond donors (Lipinski definition) is 1. The summed E-state index contributed by atoms with van der Waals surface area (Å²) < 4.78 is 0. The molecule has 1 rings (SSSR count). The average molecular weight is 246 g/mol. The Labute approximate surface area is 102 Å². The van der Waals surface area contributed by atoms with Gasteiger partial charge in [-0.3, -0.25) is 0 Å². The van der Waals surface area contributed by atoms with Crippen LogP contribution in [0.4, 0.5) is 0 Å². The van der Waals surface area contributed by atoms with Gasteiger partial charge < -0.3 is 5.73 Å². The second-order valence-corrected chi connectivity index (χ2v) is 5.22. The Bertz CT molecular complexity index is 334. The van der Waals surface area contributed by atoms with E-state index in [1.165, 1.54) is 5.56 Å². The molecule has 0 aliphatic heterocycles. The molecule has 1 aromatic rings. The summed E-state index contributed by atoms with van der Waals surface area (Å²) in [6, 6.07) is 5.83. The minimum atomic E-state index is 0.105. The first-order valence-corrected chi connectivity index (χ1v) is 5.88. The Balaban J connectivity index is 2.89. The molecule has 0 spiro atoms. The highest BCUT2D eigenvalue weighted by Gasteiger charge is 2.20. The summed E-state index contributed by atoms with van der Waals surface area (Å²) in [5.41, 5.74) is 6.84. The molecular weight excluding hydrogens is 229 g/mol. The maximum Gasteiger partial charge on any atom is 0.0595 e. The van der Waals surface area contributed by atoms with Gasteiger partial charge in [-0.15, -0.1) is 0 Å². The fraction of sp³-hybridized carbons (Fsp3) is 0.500. The van der Waals surface area contributed by atoms with Crippen LogP contribution in [0.15, 0.2) is 18.2 Å². The normalized spacial score (nSPS) is 11.8. The van der Waals surface area contributed by atoms with E-state index in [-0.39, 0.29) is 5.41 Å². The quantitative estimate of drug-likeness (QED) is 0.853. The lowest BCUT2D eigenvalue weighted by Crippen LogP contribution is -2.18. The summed E-state index contributed by atoms with van der Waals surface area (Å²) in [5, 5.41) is 1.23. The van der Waals surface area contributed by atoms with Gasteiger partial charge in [-0.1, -0.05) is 43.1 Å². The van der Waals surface area contributed by atoms with Crippen LogP contribution in [-0.2, 0) is 5.41 Å². The van der Waals surface area contributed by atoms with Gasteiger partial charge in [0.05, 0.1) is 10.0 Å². The second kappa shape index (κ2) is 5.20. The molecule has 0 bridgehead atoms. The highest BCUT2D eigenvalue weighted by molar-refractivity contribution is 6.42. The molecule has 1 aromatic carbocycles. The molecule has 0 unspecified atom stereocenters. The molecule has 84 valence electrons. The Morgan fingerprint density at radius 2 is 1.87 bits per heavy atom. The van der Waals surface area contributed by atoms with Gasteiger partial charge in [-0.25, -0.2) is 0 Å². The second-order valence-electron chi connectivity index (χ2n) is 4.40. The van der Waals surface area contributed by atoms with Crippen molar-refractivity contribution in [2.75, 3.05) is 6.54 Å². The van der Waals surface area contributed by atoms with Crippen LogP contribution in [0.2, 0.25) is 10.0 Å². The Kier molecular flexibility index (Phi) is 4.45. The minimum absolute atomic E-state index is 0.105. The monoisotopic (exact) mass is 245 g/mol. The maximum atomic E-state index is 6.00. The third-order valence-corrected chi connectivity index (χ3v) is 3.45. The van der Waals surface area contributed by atoms with Crippen molar-refractivity contribution in [2.45, 2.75) is 32.1 Å². The molecule has 0 atom stereocenters. The van der Waals surface area contributed by atoms with E-state index in [0.29, 0.717) is 10.0 Å². The van der Waals surface area contributed by atoms with Crippen LogP contribution < -0.4 is 5.73 Å². The molecule has 3 heteroatoms. The van der Waals surface area contributed by atoms with Gasteiger partial charge in [0.15, 0.2) is 0 Å². The molecule has 1 nitrogen and oxygen atoms in total. The number of hydrogen-bond acceptors (Lipinski definition) is 1. The first-order valence-electron chi connectivity index (χ1n) is 5.13.